The summed E-state index contributed by atoms with van der Waals surface area (Å²) >= 11 is 0. The lowest BCUT2D eigenvalue weighted by atomic mass is 10.2. The SMILES string of the molecule is CCOc1ccccc1C(=O)NCC(=O)N(C)Cc1cnn(-c2ccccc2)c1. The lowest BCUT2D eigenvalue weighted by molar-refractivity contribution is -0.129. The normalized spacial score (nSPS) is 10.4. The molecular weight excluding hydrogens is 368 g/mol. The molecule has 0 spiro atoms. The van der Waals surface area contributed by atoms with E-state index in [0.29, 0.717) is 24.5 Å². The molecular formula is C22H24N4O3. The van der Waals surface area contributed by atoms with Gasteiger partial charge in [0.2, 0.25) is 5.91 Å². The van der Waals surface area contributed by atoms with Crippen molar-refractivity contribution in [2.45, 2.75) is 13.5 Å². The van der Waals surface area contributed by atoms with E-state index in [1.807, 2.05) is 43.5 Å². The molecule has 0 atom stereocenters. The molecule has 0 saturated heterocycles. The van der Waals surface area contributed by atoms with Gasteiger partial charge in [-0.2, -0.15) is 5.10 Å². The molecule has 0 saturated carbocycles. The molecule has 150 valence electrons. The number of amides is 2. The van der Waals surface area contributed by atoms with Gasteiger partial charge in [0.15, 0.2) is 0 Å². The average molecular weight is 392 g/mol. The van der Waals surface area contributed by atoms with E-state index < -0.39 is 0 Å². The van der Waals surface area contributed by atoms with Gasteiger partial charge in [-0.25, -0.2) is 4.68 Å². The minimum absolute atomic E-state index is 0.0946. The number of nitrogens with zero attached hydrogens (tertiary/aromatic N) is 3. The van der Waals surface area contributed by atoms with Crippen molar-refractivity contribution in [2.24, 2.45) is 0 Å². The van der Waals surface area contributed by atoms with E-state index in [4.69, 9.17) is 4.74 Å². The number of aromatic nitrogens is 2. The Hall–Kier alpha value is -3.61. The number of likely N-dealkylation sites (N-methyl/N-ethyl adjacent to an activating group) is 1. The van der Waals surface area contributed by atoms with Crippen LogP contribution >= 0.6 is 0 Å². The highest BCUT2D eigenvalue weighted by Gasteiger charge is 2.15. The summed E-state index contributed by atoms with van der Waals surface area (Å²) in [6.07, 6.45) is 3.61. The van der Waals surface area contributed by atoms with Crippen LogP contribution in [0.4, 0.5) is 0 Å². The highest BCUT2D eigenvalue weighted by molar-refractivity contribution is 5.98. The molecule has 3 rings (SSSR count). The lowest BCUT2D eigenvalue weighted by Crippen LogP contribution is -2.37. The number of hydrogen-bond donors (Lipinski definition) is 1. The van der Waals surface area contributed by atoms with Crippen LogP contribution in [0.5, 0.6) is 5.75 Å². The third kappa shape index (κ3) is 5.22. The predicted molar refractivity (Wildman–Crippen MR) is 110 cm³/mol. The quantitative estimate of drug-likeness (QED) is 0.639. The number of ether oxygens (including phenoxy) is 1. The fraction of sp³-hybridized carbons (Fsp3) is 0.227. The summed E-state index contributed by atoms with van der Waals surface area (Å²) in [6, 6.07) is 16.7. The Balaban J connectivity index is 1.55. The molecule has 3 aromatic rings. The standard InChI is InChI=1S/C22H24N4O3/c1-3-29-20-12-8-7-11-19(20)22(28)23-14-21(27)25(2)15-17-13-24-26(16-17)18-9-5-4-6-10-18/h4-13,16H,3,14-15H2,1-2H3,(H,23,28). The molecule has 0 radical (unpaired) electrons. The second-order valence-corrected chi connectivity index (χ2v) is 6.49. The molecule has 1 N–H and O–H groups in total. The van der Waals surface area contributed by atoms with Gasteiger partial charge < -0.3 is 15.0 Å². The van der Waals surface area contributed by atoms with Crippen molar-refractivity contribution < 1.29 is 14.3 Å². The van der Waals surface area contributed by atoms with E-state index in [2.05, 4.69) is 10.4 Å². The van der Waals surface area contributed by atoms with Crippen LogP contribution in [0.2, 0.25) is 0 Å². The molecule has 0 bridgehead atoms. The Morgan fingerprint density at radius 3 is 2.59 bits per heavy atom. The molecule has 7 heteroatoms. The monoisotopic (exact) mass is 392 g/mol. The fourth-order valence-electron chi connectivity index (χ4n) is 2.85. The number of carbonyl (C=O) groups is 2. The topological polar surface area (TPSA) is 76.5 Å². The molecule has 0 aliphatic heterocycles. The second-order valence-electron chi connectivity index (χ2n) is 6.49. The van der Waals surface area contributed by atoms with Gasteiger partial charge in [-0.05, 0) is 31.2 Å². The molecule has 1 aromatic heterocycles. The van der Waals surface area contributed by atoms with Crippen molar-refractivity contribution in [2.75, 3.05) is 20.2 Å². The number of hydrogen-bond acceptors (Lipinski definition) is 4. The van der Waals surface area contributed by atoms with E-state index in [1.165, 1.54) is 0 Å². The molecule has 2 aromatic carbocycles. The zero-order chi connectivity index (χ0) is 20.6. The van der Waals surface area contributed by atoms with Crippen molar-refractivity contribution in [1.29, 1.82) is 0 Å². The van der Waals surface area contributed by atoms with Crippen LogP contribution in [0.25, 0.3) is 5.69 Å². The maximum Gasteiger partial charge on any atom is 0.255 e. The number of rotatable bonds is 8. The third-order valence-corrected chi connectivity index (χ3v) is 4.33. The molecule has 0 aliphatic carbocycles. The zero-order valence-electron chi connectivity index (χ0n) is 16.5. The van der Waals surface area contributed by atoms with Crippen molar-refractivity contribution in [3.63, 3.8) is 0 Å². The summed E-state index contributed by atoms with van der Waals surface area (Å²) in [6.45, 7) is 2.62. The summed E-state index contributed by atoms with van der Waals surface area (Å²) < 4.78 is 7.23. The Labute approximate surface area is 169 Å². The van der Waals surface area contributed by atoms with Crippen LogP contribution in [0.3, 0.4) is 0 Å². The van der Waals surface area contributed by atoms with Gasteiger partial charge in [-0.3, -0.25) is 9.59 Å². The average Bonchev–Trinajstić information content (AvgIpc) is 3.21. The van der Waals surface area contributed by atoms with Crippen molar-refractivity contribution in [3.8, 4) is 11.4 Å². The minimum atomic E-state index is -0.340. The van der Waals surface area contributed by atoms with E-state index in [-0.39, 0.29) is 18.4 Å². The van der Waals surface area contributed by atoms with Crippen LogP contribution in [0, 0.1) is 0 Å². The molecule has 0 aliphatic rings. The van der Waals surface area contributed by atoms with E-state index in [0.717, 1.165) is 11.3 Å². The smallest absolute Gasteiger partial charge is 0.255 e. The predicted octanol–water partition coefficient (Wildman–Crippen LogP) is 2.66. The molecule has 1 heterocycles. The molecule has 2 amide bonds. The van der Waals surface area contributed by atoms with Crippen molar-refractivity contribution in [3.05, 3.63) is 78.1 Å². The largest absolute Gasteiger partial charge is 0.493 e. The minimum Gasteiger partial charge on any atom is -0.493 e. The molecule has 7 nitrogen and oxygen atoms in total. The highest BCUT2D eigenvalue weighted by Crippen LogP contribution is 2.17. The van der Waals surface area contributed by atoms with Gasteiger partial charge >= 0.3 is 0 Å². The molecule has 0 fully saturated rings. The third-order valence-electron chi connectivity index (χ3n) is 4.33. The van der Waals surface area contributed by atoms with Crippen molar-refractivity contribution in [1.82, 2.24) is 20.0 Å². The maximum atomic E-state index is 12.4. The van der Waals surface area contributed by atoms with E-state index in [1.54, 1.807) is 47.1 Å². The first kappa shape index (κ1) is 20.1. The summed E-state index contributed by atoms with van der Waals surface area (Å²) in [5.41, 5.74) is 2.26. The molecule has 29 heavy (non-hydrogen) atoms. The van der Waals surface area contributed by atoms with Crippen LogP contribution in [-0.2, 0) is 11.3 Å². The number of benzene rings is 2. The van der Waals surface area contributed by atoms with Gasteiger partial charge in [0.1, 0.15) is 5.75 Å². The van der Waals surface area contributed by atoms with Gasteiger partial charge in [-0.15, -0.1) is 0 Å². The summed E-state index contributed by atoms with van der Waals surface area (Å²) in [5.74, 6) is -0.0333. The van der Waals surface area contributed by atoms with Gasteiger partial charge in [-0.1, -0.05) is 30.3 Å². The molecule has 0 unspecified atom stereocenters. The van der Waals surface area contributed by atoms with Gasteiger partial charge in [0, 0.05) is 25.4 Å². The summed E-state index contributed by atoms with van der Waals surface area (Å²) in [5, 5.41) is 7.00. The van der Waals surface area contributed by atoms with E-state index >= 15 is 0 Å². The maximum absolute atomic E-state index is 12.4. The van der Waals surface area contributed by atoms with Crippen LogP contribution in [-0.4, -0.2) is 46.7 Å². The Kier molecular flexibility index (Phi) is 6.63. The van der Waals surface area contributed by atoms with E-state index in [9.17, 15) is 9.59 Å². The lowest BCUT2D eigenvalue weighted by Gasteiger charge is -2.17. The Morgan fingerprint density at radius 1 is 1.10 bits per heavy atom. The Morgan fingerprint density at radius 2 is 1.83 bits per heavy atom. The van der Waals surface area contributed by atoms with Crippen LogP contribution in [0.1, 0.15) is 22.8 Å². The van der Waals surface area contributed by atoms with Crippen molar-refractivity contribution >= 4 is 11.8 Å². The summed E-state index contributed by atoms with van der Waals surface area (Å²) in [4.78, 5) is 26.4. The van der Waals surface area contributed by atoms with Crippen LogP contribution in [0.15, 0.2) is 67.0 Å². The van der Waals surface area contributed by atoms with Gasteiger partial charge in [0.25, 0.3) is 5.91 Å². The number of nitrogens with one attached hydrogen (secondary N) is 1. The first-order chi connectivity index (χ1) is 14.1. The first-order valence-corrected chi connectivity index (χ1v) is 9.41. The highest BCUT2D eigenvalue weighted by atomic mass is 16.5. The fourth-order valence-corrected chi connectivity index (χ4v) is 2.85. The second kappa shape index (κ2) is 9.54. The van der Waals surface area contributed by atoms with Gasteiger partial charge in [0.05, 0.1) is 30.6 Å². The van der Waals surface area contributed by atoms with Crippen LogP contribution < -0.4 is 10.1 Å². The summed E-state index contributed by atoms with van der Waals surface area (Å²) in [7, 11) is 1.70. The number of carbonyl (C=O) groups excluding carboxylic acids is 2. The number of para-hydroxylation sites is 2. The zero-order valence-corrected chi connectivity index (χ0v) is 16.5. The first-order valence-electron chi connectivity index (χ1n) is 9.41. The Bertz CT molecular complexity index is 969.